The molecule has 152 valence electrons. The molecule has 2 aliphatic heterocycles. The van der Waals surface area contributed by atoms with Gasteiger partial charge in [-0.15, -0.1) is 0 Å². The van der Waals surface area contributed by atoms with Crippen molar-refractivity contribution in [3.63, 3.8) is 0 Å². The second-order valence-electron chi connectivity index (χ2n) is 7.80. The third kappa shape index (κ3) is 3.73. The molecule has 2 aromatic carbocycles. The number of hydrogen-bond donors (Lipinski definition) is 1. The maximum absolute atomic E-state index is 13.1. The highest BCUT2D eigenvalue weighted by Gasteiger charge is 2.30. The predicted octanol–water partition coefficient (Wildman–Crippen LogP) is 5.61. The van der Waals surface area contributed by atoms with Crippen molar-refractivity contribution in [2.75, 3.05) is 16.8 Å². The quantitative estimate of drug-likeness (QED) is 0.701. The average molecular weight is 410 g/mol. The Morgan fingerprint density at radius 2 is 1.83 bits per heavy atom. The summed E-state index contributed by atoms with van der Waals surface area (Å²) in [5, 5.41) is 3.06. The molecule has 0 aliphatic carbocycles. The minimum atomic E-state index is -0.0661. The molecule has 0 spiro atoms. The molecule has 2 atom stereocenters. The Balaban J connectivity index is 1.64. The molecule has 1 N–H and O–H groups in total. The van der Waals surface area contributed by atoms with Crippen LogP contribution in [0.4, 0.5) is 16.2 Å². The van der Waals surface area contributed by atoms with E-state index in [1.54, 1.807) is 16.7 Å². The van der Waals surface area contributed by atoms with Crippen LogP contribution < -0.4 is 10.2 Å². The molecule has 5 nitrogen and oxygen atoms in total. The molecular formula is C23H27N3O2S. The first-order valence-electron chi connectivity index (χ1n) is 10.3. The third-order valence-corrected chi connectivity index (χ3v) is 6.97. The van der Waals surface area contributed by atoms with E-state index in [1.165, 1.54) is 0 Å². The molecular weight excluding hydrogens is 382 g/mol. The van der Waals surface area contributed by atoms with Gasteiger partial charge in [-0.25, -0.2) is 4.79 Å². The Hall–Kier alpha value is -2.47. The van der Waals surface area contributed by atoms with Gasteiger partial charge in [-0.05, 0) is 70.4 Å². The van der Waals surface area contributed by atoms with Crippen molar-refractivity contribution in [3.05, 3.63) is 48.0 Å². The summed E-state index contributed by atoms with van der Waals surface area (Å²) in [5.74, 6) is -0.00361. The van der Waals surface area contributed by atoms with E-state index in [1.807, 2.05) is 54.3 Å². The fourth-order valence-electron chi connectivity index (χ4n) is 4.32. The third-order valence-electron chi connectivity index (χ3n) is 5.83. The van der Waals surface area contributed by atoms with E-state index in [-0.39, 0.29) is 24.0 Å². The van der Waals surface area contributed by atoms with Crippen molar-refractivity contribution >= 4 is 35.1 Å². The first kappa shape index (κ1) is 19.8. The summed E-state index contributed by atoms with van der Waals surface area (Å²) in [7, 11) is 0. The molecule has 2 heterocycles. The number of anilines is 2. The van der Waals surface area contributed by atoms with E-state index in [2.05, 4.69) is 19.2 Å². The predicted molar refractivity (Wildman–Crippen MR) is 118 cm³/mol. The van der Waals surface area contributed by atoms with Gasteiger partial charge in [0.15, 0.2) is 0 Å². The van der Waals surface area contributed by atoms with Crippen molar-refractivity contribution in [2.45, 2.75) is 61.9 Å². The van der Waals surface area contributed by atoms with Crippen LogP contribution in [0.3, 0.4) is 0 Å². The lowest BCUT2D eigenvalue weighted by Gasteiger charge is -2.39. The van der Waals surface area contributed by atoms with Gasteiger partial charge in [-0.3, -0.25) is 4.79 Å². The number of rotatable bonds is 2. The van der Waals surface area contributed by atoms with Crippen LogP contribution in [0, 0.1) is 0 Å². The molecule has 1 saturated heterocycles. The zero-order chi connectivity index (χ0) is 20.5. The Morgan fingerprint density at radius 1 is 1.10 bits per heavy atom. The van der Waals surface area contributed by atoms with Gasteiger partial charge in [0.25, 0.3) is 5.91 Å². The highest BCUT2D eigenvalue weighted by Crippen LogP contribution is 2.42. The lowest BCUT2D eigenvalue weighted by molar-refractivity contribution is 0.0985. The van der Waals surface area contributed by atoms with Gasteiger partial charge in [0.05, 0.1) is 11.3 Å². The van der Waals surface area contributed by atoms with Crippen LogP contribution in [0.2, 0.25) is 0 Å². The zero-order valence-electron chi connectivity index (χ0n) is 17.1. The molecule has 0 unspecified atom stereocenters. The van der Waals surface area contributed by atoms with Crippen molar-refractivity contribution in [1.29, 1.82) is 0 Å². The molecule has 0 saturated carbocycles. The topological polar surface area (TPSA) is 52.7 Å². The summed E-state index contributed by atoms with van der Waals surface area (Å²) in [6, 6.07) is 14.0. The largest absolute Gasteiger partial charge is 0.322 e. The van der Waals surface area contributed by atoms with Crippen LogP contribution >= 0.6 is 11.8 Å². The molecule has 6 heteroatoms. The van der Waals surface area contributed by atoms with Gasteiger partial charge in [0.1, 0.15) is 0 Å². The Kier molecular flexibility index (Phi) is 5.54. The number of likely N-dealkylation sites (tertiary alicyclic amines) is 1. The van der Waals surface area contributed by atoms with Gasteiger partial charge in [-0.2, -0.15) is 0 Å². The fraction of sp³-hybridized carbons (Fsp3) is 0.391. The summed E-state index contributed by atoms with van der Waals surface area (Å²) >= 11 is 1.60. The maximum atomic E-state index is 13.1. The number of amides is 3. The Labute approximate surface area is 176 Å². The maximum Gasteiger partial charge on any atom is 0.322 e. The van der Waals surface area contributed by atoms with Crippen molar-refractivity contribution < 1.29 is 9.59 Å². The van der Waals surface area contributed by atoms with E-state index in [0.717, 1.165) is 46.0 Å². The standard InChI is InChI=1S/C23H27N3O2S/c1-4-25-19-14-17(24-23(28)26-15(2)8-7-9-16(26)3)12-13-21(19)29-20-11-6-5-10-18(20)22(25)27/h5-6,10-16H,4,7-9H2,1-3H3,(H,24,28)/t15-,16+. The highest BCUT2D eigenvalue weighted by atomic mass is 32.2. The zero-order valence-corrected chi connectivity index (χ0v) is 18.0. The number of carbonyl (C=O) groups excluding carboxylic acids is 2. The number of piperidine rings is 1. The highest BCUT2D eigenvalue weighted by molar-refractivity contribution is 7.99. The van der Waals surface area contributed by atoms with Gasteiger partial charge in [0, 0.05) is 34.1 Å². The SMILES string of the molecule is CCN1C(=O)c2ccccc2Sc2ccc(NC(=O)N3[C@H](C)CCC[C@@H]3C)cc21. The molecule has 2 aromatic rings. The Morgan fingerprint density at radius 3 is 2.55 bits per heavy atom. The fourth-order valence-corrected chi connectivity index (χ4v) is 5.38. The van der Waals surface area contributed by atoms with E-state index < -0.39 is 0 Å². The molecule has 0 radical (unpaired) electrons. The summed E-state index contributed by atoms with van der Waals surface area (Å²) in [5.41, 5.74) is 2.28. The molecule has 4 rings (SSSR count). The Bertz CT molecular complexity index is 935. The van der Waals surface area contributed by atoms with Crippen LogP contribution in [-0.4, -0.2) is 35.5 Å². The van der Waals surface area contributed by atoms with E-state index in [4.69, 9.17) is 0 Å². The van der Waals surface area contributed by atoms with Crippen LogP contribution in [-0.2, 0) is 0 Å². The first-order valence-corrected chi connectivity index (χ1v) is 11.1. The lowest BCUT2D eigenvalue weighted by Crippen LogP contribution is -2.49. The van der Waals surface area contributed by atoms with Crippen molar-refractivity contribution in [1.82, 2.24) is 4.90 Å². The van der Waals surface area contributed by atoms with Crippen molar-refractivity contribution in [3.8, 4) is 0 Å². The normalized spacial score (nSPS) is 21.3. The minimum Gasteiger partial charge on any atom is -0.319 e. The van der Waals surface area contributed by atoms with Gasteiger partial charge in [0.2, 0.25) is 0 Å². The molecule has 0 bridgehead atoms. The molecule has 3 amide bonds. The van der Waals surface area contributed by atoms with E-state index >= 15 is 0 Å². The summed E-state index contributed by atoms with van der Waals surface area (Å²) in [6.07, 6.45) is 3.24. The van der Waals surface area contributed by atoms with E-state index in [9.17, 15) is 9.59 Å². The van der Waals surface area contributed by atoms with E-state index in [0.29, 0.717) is 6.54 Å². The molecule has 29 heavy (non-hydrogen) atoms. The van der Waals surface area contributed by atoms with Crippen molar-refractivity contribution in [2.24, 2.45) is 0 Å². The molecule has 1 fully saturated rings. The lowest BCUT2D eigenvalue weighted by atomic mass is 9.98. The summed E-state index contributed by atoms with van der Waals surface area (Å²) in [4.78, 5) is 31.8. The number of nitrogens with zero attached hydrogens (tertiary/aromatic N) is 2. The van der Waals surface area contributed by atoms with Crippen LogP contribution in [0.5, 0.6) is 0 Å². The summed E-state index contributed by atoms with van der Waals surface area (Å²) in [6.45, 7) is 6.76. The second kappa shape index (κ2) is 8.11. The monoisotopic (exact) mass is 409 g/mol. The minimum absolute atomic E-state index is 0.00361. The van der Waals surface area contributed by atoms with Gasteiger partial charge >= 0.3 is 6.03 Å². The average Bonchev–Trinajstić information content (AvgIpc) is 2.81. The van der Waals surface area contributed by atoms with Crippen LogP contribution in [0.25, 0.3) is 0 Å². The number of nitrogens with one attached hydrogen (secondary N) is 1. The first-order chi connectivity index (χ1) is 14.0. The van der Waals surface area contributed by atoms with Gasteiger partial charge in [-0.1, -0.05) is 23.9 Å². The smallest absolute Gasteiger partial charge is 0.319 e. The summed E-state index contributed by atoms with van der Waals surface area (Å²) < 4.78 is 0. The van der Waals surface area contributed by atoms with Crippen LogP contribution in [0.15, 0.2) is 52.3 Å². The number of urea groups is 1. The molecule has 2 aliphatic rings. The number of carbonyl (C=O) groups is 2. The van der Waals surface area contributed by atoms with Gasteiger partial charge < -0.3 is 15.1 Å². The second-order valence-corrected chi connectivity index (χ2v) is 8.88. The molecule has 0 aromatic heterocycles. The number of fused-ring (bicyclic) bond motifs is 2. The number of hydrogen-bond acceptors (Lipinski definition) is 3. The van der Waals surface area contributed by atoms with Crippen LogP contribution in [0.1, 0.15) is 50.4 Å². The number of benzene rings is 2.